The third-order valence-corrected chi connectivity index (χ3v) is 2.07. The molecule has 1 heterocycles. The number of aryl methyl sites for hydroxylation is 2. The van der Waals surface area contributed by atoms with Crippen molar-refractivity contribution >= 4 is 6.08 Å². The van der Waals surface area contributed by atoms with Gasteiger partial charge in [0.05, 0.1) is 0 Å². The lowest BCUT2D eigenvalue weighted by molar-refractivity contribution is 0.883. The van der Waals surface area contributed by atoms with Gasteiger partial charge in [0, 0.05) is 17.1 Å². The summed E-state index contributed by atoms with van der Waals surface area (Å²) in [6.45, 7) is 2.07. The summed E-state index contributed by atoms with van der Waals surface area (Å²) in [7, 11) is 0. The van der Waals surface area contributed by atoms with Crippen LogP contribution in [0.1, 0.15) is 23.4 Å². The highest BCUT2D eigenvalue weighted by molar-refractivity contribution is 5.58. The van der Waals surface area contributed by atoms with Gasteiger partial charge in [0.25, 0.3) is 0 Å². The van der Waals surface area contributed by atoms with Crippen molar-refractivity contribution in [2.24, 2.45) is 5.73 Å². The van der Waals surface area contributed by atoms with Crippen molar-refractivity contribution in [1.29, 1.82) is 0 Å². The first-order valence-corrected chi connectivity index (χ1v) is 3.90. The van der Waals surface area contributed by atoms with Gasteiger partial charge in [-0.1, -0.05) is 0 Å². The summed E-state index contributed by atoms with van der Waals surface area (Å²) >= 11 is 0. The smallest absolute Gasteiger partial charge is 0.0227 e. The summed E-state index contributed by atoms with van der Waals surface area (Å²) in [6.07, 6.45) is 4.11. The highest BCUT2D eigenvalue weighted by Gasteiger charge is 2.09. The average molecular weight is 148 g/mol. The molecule has 3 N–H and O–H groups in total. The van der Waals surface area contributed by atoms with Crippen LogP contribution in [0.4, 0.5) is 0 Å². The van der Waals surface area contributed by atoms with E-state index in [2.05, 4.69) is 24.1 Å². The molecule has 0 bridgehead atoms. The van der Waals surface area contributed by atoms with Crippen molar-refractivity contribution in [3.05, 3.63) is 28.7 Å². The van der Waals surface area contributed by atoms with Crippen LogP contribution < -0.4 is 5.73 Å². The Labute approximate surface area is 66.1 Å². The molecule has 2 rings (SSSR count). The molecule has 0 amide bonds. The Morgan fingerprint density at radius 2 is 2.27 bits per heavy atom. The number of rotatable bonds is 0. The van der Waals surface area contributed by atoms with E-state index >= 15 is 0 Å². The summed E-state index contributed by atoms with van der Waals surface area (Å²) < 4.78 is 0. The van der Waals surface area contributed by atoms with E-state index in [4.69, 9.17) is 5.73 Å². The van der Waals surface area contributed by atoms with E-state index in [1.54, 1.807) is 0 Å². The van der Waals surface area contributed by atoms with Crippen molar-refractivity contribution < 1.29 is 0 Å². The molecule has 2 heteroatoms. The molecule has 1 aromatic heterocycles. The van der Waals surface area contributed by atoms with E-state index in [1.165, 1.54) is 17.0 Å². The second kappa shape index (κ2) is 2.16. The number of hydrogen-bond donors (Lipinski definition) is 2. The molecule has 1 aliphatic carbocycles. The first-order valence-electron chi connectivity index (χ1n) is 3.90. The Kier molecular flexibility index (Phi) is 1.28. The predicted molar refractivity (Wildman–Crippen MR) is 46.0 cm³/mol. The molecule has 11 heavy (non-hydrogen) atoms. The van der Waals surface area contributed by atoms with E-state index in [0.29, 0.717) is 0 Å². The first kappa shape index (κ1) is 6.53. The minimum Gasteiger partial charge on any atom is -0.402 e. The minimum atomic E-state index is 0.993. The molecule has 0 saturated heterocycles. The normalized spacial score (nSPS) is 15.9. The molecule has 58 valence electrons. The number of nitrogens with one attached hydrogen (secondary N) is 1. The van der Waals surface area contributed by atoms with E-state index in [9.17, 15) is 0 Å². The average Bonchev–Trinajstić information content (AvgIpc) is 2.27. The summed E-state index contributed by atoms with van der Waals surface area (Å²) in [6, 6.07) is 2.14. The topological polar surface area (TPSA) is 41.8 Å². The SMILES string of the molecule is Cc1cc2c([nH]1)CCC(N)=C2. The van der Waals surface area contributed by atoms with Crippen LogP contribution in [0.25, 0.3) is 6.08 Å². The number of fused-ring (bicyclic) bond motifs is 1. The molecule has 0 aromatic carbocycles. The molecule has 1 aliphatic rings. The zero-order valence-electron chi connectivity index (χ0n) is 6.65. The predicted octanol–water partition coefficient (Wildman–Crippen LogP) is 1.57. The molecular formula is C9H12N2. The summed E-state index contributed by atoms with van der Waals surface area (Å²) in [5, 5.41) is 0. The standard InChI is InChI=1S/C9H12N2/c1-6-4-7-5-8(10)2-3-9(7)11-6/h4-5,11H,2-3,10H2,1H3. The second-order valence-electron chi connectivity index (χ2n) is 3.11. The fraction of sp³-hybridized carbons (Fsp3) is 0.333. The van der Waals surface area contributed by atoms with Crippen molar-refractivity contribution in [3.63, 3.8) is 0 Å². The first-order chi connectivity index (χ1) is 5.25. The highest BCUT2D eigenvalue weighted by Crippen LogP contribution is 2.21. The van der Waals surface area contributed by atoms with Crippen molar-refractivity contribution in [3.8, 4) is 0 Å². The van der Waals surface area contributed by atoms with Crippen LogP contribution in [0.15, 0.2) is 11.8 Å². The van der Waals surface area contributed by atoms with Gasteiger partial charge in [-0.05, 0) is 37.5 Å². The fourth-order valence-corrected chi connectivity index (χ4v) is 1.54. The van der Waals surface area contributed by atoms with Crippen molar-refractivity contribution in [2.75, 3.05) is 0 Å². The fourth-order valence-electron chi connectivity index (χ4n) is 1.54. The number of H-pyrrole nitrogens is 1. The molecule has 0 spiro atoms. The monoisotopic (exact) mass is 148 g/mol. The lowest BCUT2D eigenvalue weighted by atomic mass is 10.0. The molecular weight excluding hydrogens is 136 g/mol. The molecule has 0 atom stereocenters. The molecule has 0 fully saturated rings. The molecule has 1 aromatic rings. The van der Waals surface area contributed by atoms with E-state index in [0.717, 1.165) is 18.5 Å². The molecule has 2 nitrogen and oxygen atoms in total. The summed E-state index contributed by atoms with van der Waals surface area (Å²) in [5.74, 6) is 0. The lowest BCUT2D eigenvalue weighted by Gasteiger charge is -2.08. The second-order valence-corrected chi connectivity index (χ2v) is 3.11. The van der Waals surface area contributed by atoms with Crippen LogP contribution in [0.3, 0.4) is 0 Å². The maximum absolute atomic E-state index is 5.71. The minimum absolute atomic E-state index is 0.993. The summed E-state index contributed by atoms with van der Waals surface area (Å²) in [5.41, 5.74) is 10.5. The number of aromatic nitrogens is 1. The Hall–Kier alpha value is -1.18. The Bertz CT molecular complexity index is 307. The van der Waals surface area contributed by atoms with E-state index in [-0.39, 0.29) is 0 Å². The maximum Gasteiger partial charge on any atom is 0.0227 e. The van der Waals surface area contributed by atoms with E-state index in [1.807, 2.05) is 0 Å². The summed E-state index contributed by atoms with van der Waals surface area (Å²) in [4.78, 5) is 3.32. The number of aromatic amines is 1. The van der Waals surface area contributed by atoms with Crippen LogP contribution in [0, 0.1) is 6.92 Å². The third-order valence-electron chi connectivity index (χ3n) is 2.07. The van der Waals surface area contributed by atoms with Crippen LogP contribution in [-0.4, -0.2) is 4.98 Å². The maximum atomic E-state index is 5.71. The molecule has 0 unspecified atom stereocenters. The number of nitrogens with two attached hydrogens (primary N) is 1. The third kappa shape index (κ3) is 1.04. The largest absolute Gasteiger partial charge is 0.402 e. The highest BCUT2D eigenvalue weighted by atomic mass is 14.7. The van der Waals surface area contributed by atoms with E-state index < -0.39 is 0 Å². The van der Waals surface area contributed by atoms with Gasteiger partial charge in [-0.15, -0.1) is 0 Å². The van der Waals surface area contributed by atoms with Gasteiger partial charge in [-0.2, -0.15) is 0 Å². The van der Waals surface area contributed by atoms with Gasteiger partial charge in [0.1, 0.15) is 0 Å². The number of allylic oxidation sites excluding steroid dienone is 1. The van der Waals surface area contributed by atoms with Gasteiger partial charge in [-0.3, -0.25) is 0 Å². The lowest BCUT2D eigenvalue weighted by Crippen LogP contribution is -2.04. The molecule has 0 radical (unpaired) electrons. The zero-order valence-corrected chi connectivity index (χ0v) is 6.65. The van der Waals surface area contributed by atoms with Crippen LogP contribution in [0.5, 0.6) is 0 Å². The van der Waals surface area contributed by atoms with Gasteiger partial charge in [-0.25, -0.2) is 0 Å². The van der Waals surface area contributed by atoms with Crippen LogP contribution in [0.2, 0.25) is 0 Å². The zero-order chi connectivity index (χ0) is 7.84. The van der Waals surface area contributed by atoms with Crippen LogP contribution >= 0.6 is 0 Å². The Morgan fingerprint density at radius 3 is 3.09 bits per heavy atom. The Morgan fingerprint density at radius 1 is 1.45 bits per heavy atom. The van der Waals surface area contributed by atoms with Gasteiger partial charge in [0.15, 0.2) is 0 Å². The van der Waals surface area contributed by atoms with Gasteiger partial charge < -0.3 is 10.7 Å². The van der Waals surface area contributed by atoms with Gasteiger partial charge >= 0.3 is 0 Å². The molecule has 0 aliphatic heterocycles. The van der Waals surface area contributed by atoms with Crippen LogP contribution in [-0.2, 0) is 6.42 Å². The quantitative estimate of drug-likeness (QED) is 0.576. The number of hydrogen-bond acceptors (Lipinski definition) is 1. The Balaban J connectivity index is 2.50. The van der Waals surface area contributed by atoms with Crippen molar-refractivity contribution in [1.82, 2.24) is 4.98 Å². The molecule has 0 saturated carbocycles. The van der Waals surface area contributed by atoms with Gasteiger partial charge in [0.2, 0.25) is 0 Å². The van der Waals surface area contributed by atoms with Crippen molar-refractivity contribution in [2.45, 2.75) is 19.8 Å².